The lowest BCUT2D eigenvalue weighted by atomic mass is 10.1. The van der Waals surface area contributed by atoms with Crippen molar-refractivity contribution in [1.82, 2.24) is 4.72 Å². The molecule has 0 aromatic heterocycles. The number of aryl methyl sites for hydroxylation is 3. The van der Waals surface area contributed by atoms with Crippen LogP contribution in [0.25, 0.3) is 0 Å². The number of nitrogens with one attached hydrogen (secondary N) is 2. The van der Waals surface area contributed by atoms with E-state index in [0.29, 0.717) is 22.4 Å². The molecule has 0 spiro atoms. The van der Waals surface area contributed by atoms with Crippen LogP contribution in [0, 0.1) is 32.1 Å². The molecule has 2 aromatic carbocycles. The van der Waals surface area contributed by atoms with Gasteiger partial charge in [-0.3, -0.25) is 4.79 Å². The predicted molar refractivity (Wildman–Crippen MR) is 95.6 cm³/mol. The lowest BCUT2D eigenvalue weighted by molar-refractivity contribution is -0.115. The zero-order chi connectivity index (χ0) is 18.6. The topological polar surface area (TPSA) is 99.1 Å². The Bertz CT molecular complexity index is 920. The molecule has 25 heavy (non-hydrogen) atoms. The zero-order valence-corrected chi connectivity index (χ0v) is 15.1. The molecule has 0 bridgehead atoms. The predicted octanol–water partition coefficient (Wildman–Crippen LogP) is 2.40. The van der Waals surface area contributed by atoms with Crippen molar-refractivity contribution in [3.8, 4) is 6.07 Å². The molecule has 6 nitrogen and oxygen atoms in total. The largest absolute Gasteiger partial charge is 0.325 e. The SMILES string of the molecule is Cc1cc(C)c(S(=O)(=O)NCC(=O)Nc2ccc(C#N)cc2)c(C)c1. The van der Waals surface area contributed by atoms with E-state index in [0.717, 1.165) is 5.56 Å². The van der Waals surface area contributed by atoms with Gasteiger partial charge in [-0.1, -0.05) is 17.7 Å². The van der Waals surface area contributed by atoms with Crippen LogP contribution in [0.5, 0.6) is 0 Å². The first-order valence-electron chi connectivity index (χ1n) is 7.60. The van der Waals surface area contributed by atoms with E-state index in [9.17, 15) is 13.2 Å². The third-order valence-corrected chi connectivity index (χ3v) is 5.30. The fourth-order valence-electron chi connectivity index (χ4n) is 2.66. The Morgan fingerprint density at radius 3 is 2.16 bits per heavy atom. The molecule has 2 rings (SSSR count). The van der Waals surface area contributed by atoms with Gasteiger partial charge in [0, 0.05) is 5.69 Å². The summed E-state index contributed by atoms with van der Waals surface area (Å²) in [6.07, 6.45) is 0. The van der Waals surface area contributed by atoms with Gasteiger partial charge in [0.25, 0.3) is 0 Å². The van der Waals surface area contributed by atoms with Crippen LogP contribution in [-0.4, -0.2) is 20.9 Å². The molecule has 0 aliphatic rings. The number of carbonyl (C=O) groups is 1. The van der Waals surface area contributed by atoms with Crippen LogP contribution in [0.3, 0.4) is 0 Å². The van der Waals surface area contributed by atoms with Gasteiger partial charge in [-0.2, -0.15) is 5.26 Å². The molecule has 1 amide bonds. The summed E-state index contributed by atoms with van der Waals surface area (Å²) >= 11 is 0. The minimum atomic E-state index is -3.79. The van der Waals surface area contributed by atoms with E-state index < -0.39 is 15.9 Å². The summed E-state index contributed by atoms with van der Waals surface area (Å²) in [4.78, 5) is 12.2. The zero-order valence-electron chi connectivity index (χ0n) is 14.3. The Balaban J connectivity index is 2.06. The Morgan fingerprint density at radius 2 is 1.64 bits per heavy atom. The Morgan fingerprint density at radius 1 is 1.08 bits per heavy atom. The number of benzene rings is 2. The van der Waals surface area contributed by atoms with Gasteiger partial charge < -0.3 is 5.32 Å². The molecule has 0 radical (unpaired) electrons. The first-order chi connectivity index (χ1) is 11.7. The summed E-state index contributed by atoms with van der Waals surface area (Å²) < 4.78 is 27.3. The van der Waals surface area contributed by atoms with E-state index >= 15 is 0 Å². The monoisotopic (exact) mass is 357 g/mol. The third-order valence-electron chi connectivity index (χ3n) is 3.59. The molecular weight excluding hydrogens is 338 g/mol. The fourth-order valence-corrected chi connectivity index (χ4v) is 4.09. The summed E-state index contributed by atoms with van der Waals surface area (Å²) in [6, 6.07) is 11.9. The number of hydrogen-bond acceptors (Lipinski definition) is 4. The summed E-state index contributed by atoms with van der Waals surface area (Å²) in [7, 11) is -3.79. The Kier molecular flexibility index (Phi) is 5.57. The number of anilines is 1. The van der Waals surface area contributed by atoms with Crippen LogP contribution < -0.4 is 10.0 Å². The maximum Gasteiger partial charge on any atom is 0.241 e. The van der Waals surface area contributed by atoms with Crippen LogP contribution in [0.2, 0.25) is 0 Å². The average Bonchev–Trinajstić information content (AvgIpc) is 2.52. The number of sulfonamides is 1. The molecule has 0 aliphatic carbocycles. The highest BCUT2D eigenvalue weighted by atomic mass is 32.2. The van der Waals surface area contributed by atoms with Gasteiger partial charge in [-0.25, -0.2) is 13.1 Å². The average molecular weight is 357 g/mol. The highest BCUT2D eigenvalue weighted by Crippen LogP contribution is 2.21. The van der Waals surface area contributed by atoms with Crippen LogP contribution >= 0.6 is 0 Å². The Labute approximate surface area is 147 Å². The molecule has 0 saturated heterocycles. The van der Waals surface area contributed by atoms with Crippen molar-refractivity contribution in [2.45, 2.75) is 25.7 Å². The minimum Gasteiger partial charge on any atom is -0.325 e. The van der Waals surface area contributed by atoms with Crippen molar-refractivity contribution in [1.29, 1.82) is 5.26 Å². The number of nitriles is 1. The van der Waals surface area contributed by atoms with Gasteiger partial charge in [0.1, 0.15) is 0 Å². The maximum absolute atomic E-state index is 12.5. The standard InChI is InChI=1S/C18H19N3O3S/c1-12-8-13(2)18(14(3)9-12)25(23,24)20-11-17(22)21-16-6-4-15(10-19)5-7-16/h4-9,20H,11H2,1-3H3,(H,21,22). The molecule has 2 aromatic rings. The van der Waals surface area contributed by atoms with Crippen LogP contribution in [-0.2, 0) is 14.8 Å². The normalized spacial score (nSPS) is 11.0. The molecule has 2 N–H and O–H groups in total. The number of nitrogens with zero attached hydrogens (tertiary/aromatic N) is 1. The third kappa shape index (κ3) is 4.66. The van der Waals surface area contributed by atoms with Crippen molar-refractivity contribution in [3.05, 3.63) is 58.7 Å². The molecule has 7 heteroatoms. The molecule has 130 valence electrons. The smallest absolute Gasteiger partial charge is 0.241 e. The van der Waals surface area contributed by atoms with Crippen molar-refractivity contribution in [2.75, 3.05) is 11.9 Å². The minimum absolute atomic E-state index is 0.198. The second-order valence-corrected chi connectivity index (χ2v) is 7.49. The summed E-state index contributed by atoms with van der Waals surface area (Å²) in [5, 5.41) is 11.3. The number of rotatable bonds is 5. The van der Waals surface area contributed by atoms with Gasteiger partial charge >= 0.3 is 0 Å². The second kappa shape index (κ2) is 7.47. The molecule has 0 saturated carbocycles. The summed E-state index contributed by atoms with van der Waals surface area (Å²) in [6.45, 7) is 4.97. The lowest BCUT2D eigenvalue weighted by Gasteiger charge is -2.13. The van der Waals surface area contributed by atoms with Crippen LogP contribution in [0.15, 0.2) is 41.3 Å². The Hall–Kier alpha value is -2.69. The van der Waals surface area contributed by atoms with E-state index in [-0.39, 0.29) is 11.4 Å². The van der Waals surface area contributed by atoms with Gasteiger partial charge in [0.15, 0.2) is 0 Å². The van der Waals surface area contributed by atoms with Gasteiger partial charge in [0.2, 0.25) is 15.9 Å². The van der Waals surface area contributed by atoms with Gasteiger partial charge in [-0.05, 0) is 56.2 Å². The van der Waals surface area contributed by atoms with E-state index in [1.54, 1.807) is 50.2 Å². The molecule has 0 heterocycles. The number of amides is 1. The van der Waals surface area contributed by atoms with Crippen molar-refractivity contribution >= 4 is 21.6 Å². The summed E-state index contributed by atoms with van der Waals surface area (Å²) in [5.74, 6) is -0.490. The molecule has 0 fully saturated rings. The first-order valence-corrected chi connectivity index (χ1v) is 9.09. The number of carbonyl (C=O) groups excluding carboxylic acids is 1. The van der Waals surface area contributed by atoms with E-state index in [2.05, 4.69) is 10.0 Å². The van der Waals surface area contributed by atoms with Crippen molar-refractivity contribution in [2.24, 2.45) is 0 Å². The van der Waals surface area contributed by atoms with E-state index in [1.165, 1.54) is 0 Å². The highest BCUT2D eigenvalue weighted by Gasteiger charge is 2.20. The maximum atomic E-state index is 12.5. The molecule has 0 aliphatic heterocycles. The van der Waals surface area contributed by atoms with Crippen LogP contribution in [0.1, 0.15) is 22.3 Å². The number of hydrogen-bond donors (Lipinski definition) is 2. The fraction of sp³-hybridized carbons (Fsp3) is 0.222. The van der Waals surface area contributed by atoms with Crippen LogP contribution in [0.4, 0.5) is 5.69 Å². The summed E-state index contributed by atoms with van der Waals surface area (Å²) in [5.41, 5.74) is 3.22. The van der Waals surface area contributed by atoms with Gasteiger partial charge in [-0.15, -0.1) is 0 Å². The van der Waals surface area contributed by atoms with E-state index in [4.69, 9.17) is 5.26 Å². The lowest BCUT2D eigenvalue weighted by Crippen LogP contribution is -2.33. The molecular formula is C18H19N3O3S. The van der Waals surface area contributed by atoms with E-state index in [1.807, 2.05) is 13.0 Å². The molecule has 0 atom stereocenters. The molecule has 0 unspecified atom stereocenters. The first kappa shape index (κ1) is 18.6. The highest BCUT2D eigenvalue weighted by molar-refractivity contribution is 7.89. The van der Waals surface area contributed by atoms with Crippen molar-refractivity contribution < 1.29 is 13.2 Å². The quantitative estimate of drug-likeness (QED) is 0.858. The van der Waals surface area contributed by atoms with Crippen molar-refractivity contribution in [3.63, 3.8) is 0 Å². The van der Waals surface area contributed by atoms with Gasteiger partial charge in [0.05, 0.1) is 23.1 Å². The second-order valence-electron chi connectivity index (χ2n) is 5.79.